The lowest BCUT2D eigenvalue weighted by molar-refractivity contribution is -0.138. The Hall–Kier alpha value is -2.22. The fourth-order valence-electron chi connectivity index (χ4n) is 1.83. The number of halogens is 2. The van der Waals surface area contributed by atoms with Gasteiger partial charge in [0.05, 0.1) is 24.5 Å². The Kier molecular flexibility index (Phi) is 4.69. The van der Waals surface area contributed by atoms with Crippen molar-refractivity contribution in [3.8, 4) is 0 Å². The third kappa shape index (κ3) is 3.66. The molecule has 0 aliphatic carbocycles. The zero-order valence-corrected chi connectivity index (χ0v) is 11.1. The van der Waals surface area contributed by atoms with E-state index in [0.29, 0.717) is 32.4 Å². The summed E-state index contributed by atoms with van der Waals surface area (Å²) in [4.78, 5) is 24.9. The highest BCUT2D eigenvalue weighted by molar-refractivity contribution is 5.92. The number of rotatable bonds is 3. The number of nitrogen functional groups attached to an aromatic ring is 1. The van der Waals surface area contributed by atoms with Crippen molar-refractivity contribution in [2.45, 2.75) is 0 Å². The van der Waals surface area contributed by atoms with Crippen LogP contribution < -0.4 is 5.73 Å². The second-order valence-electron chi connectivity index (χ2n) is 4.42. The van der Waals surface area contributed by atoms with Crippen molar-refractivity contribution in [2.75, 3.05) is 38.6 Å². The number of benzene rings is 1. The van der Waals surface area contributed by atoms with E-state index in [-0.39, 0.29) is 5.69 Å². The summed E-state index contributed by atoms with van der Waals surface area (Å²) in [5.74, 6) is -3.53. The predicted molar refractivity (Wildman–Crippen MR) is 68.5 cm³/mol. The molecule has 1 aromatic rings. The van der Waals surface area contributed by atoms with Gasteiger partial charge in [0.15, 0.2) is 6.61 Å². The van der Waals surface area contributed by atoms with Crippen LogP contribution in [0.3, 0.4) is 0 Å². The van der Waals surface area contributed by atoms with E-state index in [9.17, 15) is 18.4 Å². The maximum Gasteiger partial charge on any atom is 0.341 e. The van der Waals surface area contributed by atoms with E-state index in [2.05, 4.69) is 0 Å². The number of carbonyl (C=O) groups is 2. The number of ether oxygens (including phenoxy) is 2. The number of nitrogens with two attached hydrogens (primary N) is 1. The van der Waals surface area contributed by atoms with Gasteiger partial charge in [0.2, 0.25) is 0 Å². The molecule has 0 spiro atoms. The van der Waals surface area contributed by atoms with Crippen molar-refractivity contribution in [1.82, 2.24) is 4.90 Å². The molecule has 1 aromatic carbocycles. The quantitative estimate of drug-likeness (QED) is 0.651. The van der Waals surface area contributed by atoms with Gasteiger partial charge in [-0.3, -0.25) is 4.79 Å². The molecule has 0 atom stereocenters. The minimum absolute atomic E-state index is 0.372. The zero-order chi connectivity index (χ0) is 15.4. The molecule has 0 aromatic heterocycles. The van der Waals surface area contributed by atoms with Crippen LogP contribution >= 0.6 is 0 Å². The van der Waals surface area contributed by atoms with Crippen molar-refractivity contribution < 1.29 is 27.8 Å². The van der Waals surface area contributed by atoms with Crippen LogP contribution in [0.2, 0.25) is 0 Å². The fourth-order valence-corrected chi connectivity index (χ4v) is 1.83. The van der Waals surface area contributed by atoms with Gasteiger partial charge in [-0.05, 0) is 6.07 Å². The van der Waals surface area contributed by atoms with Crippen LogP contribution in [-0.2, 0) is 14.3 Å². The van der Waals surface area contributed by atoms with Crippen molar-refractivity contribution in [1.29, 1.82) is 0 Å². The number of hydrogen-bond donors (Lipinski definition) is 1. The van der Waals surface area contributed by atoms with Crippen LogP contribution in [0.4, 0.5) is 14.5 Å². The summed E-state index contributed by atoms with van der Waals surface area (Å²) in [6, 6.07) is 1.34. The zero-order valence-electron chi connectivity index (χ0n) is 11.1. The molecular weight excluding hydrogens is 286 g/mol. The number of hydrogen-bond acceptors (Lipinski definition) is 5. The lowest BCUT2D eigenvalue weighted by atomic mass is 10.2. The molecule has 2 N–H and O–H groups in total. The Morgan fingerprint density at radius 3 is 2.57 bits per heavy atom. The maximum atomic E-state index is 13.5. The van der Waals surface area contributed by atoms with E-state index in [0.717, 1.165) is 6.07 Å². The van der Waals surface area contributed by atoms with Gasteiger partial charge in [-0.1, -0.05) is 0 Å². The molecular formula is C13H14F2N2O4. The SMILES string of the molecule is Nc1cc(C(=O)OCC(=O)N2CCOCC2)c(F)cc1F. The molecule has 6 nitrogen and oxygen atoms in total. The summed E-state index contributed by atoms with van der Waals surface area (Å²) < 4.78 is 36.3. The minimum Gasteiger partial charge on any atom is -0.452 e. The first-order valence-electron chi connectivity index (χ1n) is 6.26. The van der Waals surface area contributed by atoms with Crippen molar-refractivity contribution in [3.05, 3.63) is 29.3 Å². The first kappa shape index (κ1) is 15.2. The largest absolute Gasteiger partial charge is 0.452 e. The fraction of sp³-hybridized carbons (Fsp3) is 0.385. The van der Waals surface area contributed by atoms with Crippen LogP contribution in [0.1, 0.15) is 10.4 Å². The lowest BCUT2D eigenvalue weighted by Crippen LogP contribution is -2.42. The summed E-state index contributed by atoms with van der Waals surface area (Å²) >= 11 is 0. The molecule has 0 radical (unpaired) electrons. The number of amides is 1. The Labute approximate surface area is 119 Å². The third-order valence-electron chi connectivity index (χ3n) is 3.00. The summed E-state index contributed by atoms with van der Waals surface area (Å²) in [6.07, 6.45) is 0. The van der Waals surface area contributed by atoms with Crippen molar-refractivity contribution in [3.63, 3.8) is 0 Å². The standard InChI is InChI=1S/C13H14F2N2O4/c14-9-6-10(15)11(16)5-8(9)13(19)21-7-12(18)17-1-3-20-4-2-17/h5-6H,1-4,7,16H2. The van der Waals surface area contributed by atoms with Gasteiger partial charge in [0.25, 0.3) is 5.91 Å². The van der Waals surface area contributed by atoms with Gasteiger partial charge in [-0.15, -0.1) is 0 Å². The minimum atomic E-state index is -1.09. The van der Waals surface area contributed by atoms with Gasteiger partial charge >= 0.3 is 5.97 Å². The number of morpholine rings is 1. The topological polar surface area (TPSA) is 81.9 Å². The average molecular weight is 300 g/mol. The first-order chi connectivity index (χ1) is 9.99. The first-order valence-corrected chi connectivity index (χ1v) is 6.26. The average Bonchev–Trinajstić information content (AvgIpc) is 2.49. The molecule has 21 heavy (non-hydrogen) atoms. The third-order valence-corrected chi connectivity index (χ3v) is 3.00. The molecule has 0 unspecified atom stereocenters. The molecule has 0 saturated carbocycles. The van der Waals surface area contributed by atoms with E-state index in [1.807, 2.05) is 0 Å². The van der Waals surface area contributed by atoms with Gasteiger partial charge in [0.1, 0.15) is 11.6 Å². The van der Waals surface area contributed by atoms with E-state index in [1.165, 1.54) is 4.90 Å². The molecule has 1 saturated heterocycles. The maximum absolute atomic E-state index is 13.5. The Morgan fingerprint density at radius 1 is 1.24 bits per heavy atom. The Bertz CT molecular complexity index is 559. The van der Waals surface area contributed by atoms with E-state index >= 15 is 0 Å². The summed E-state index contributed by atoms with van der Waals surface area (Å²) in [5.41, 5.74) is 4.38. The van der Waals surface area contributed by atoms with Crippen LogP contribution in [0, 0.1) is 11.6 Å². The van der Waals surface area contributed by atoms with Crippen LogP contribution in [0.25, 0.3) is 0 Å². The monoisotopic (exact) mass is 300 g/mol. The molecule has 2 rings (SSSR count). The lowest BCUT2D eigenvalue weighted by Gasteiger charge is -2.26. The molecule has 1 heterocycles. The molecule has 1 aliphatic rings. The van der Waals surface area contributed by atoms with E-state index < -0.39 is 35.7 Å². The number of carbonyl (C=O) groups excluding carboxylic acids is 2. The summed E-state index contributed by atoms with van der Waals surface area (Å²) in [6.45, 7) is 1.14. The highest BCUT2D eigenvalue weighted by Crippen LogP contribution is 2.17. The number of nitrogens with zero attached hydrogens (tertiary/aromatic N) is 1. The molecule has 8 heteroatoms. The van der Waals surface area contributed by atoms with Crippen LogP contribution in [-0.4, -0.2) is 49.7 Å². The van der Waals surface area contributed by atoms with Gasteiger partial charge < -0.3 is 20.1 Å². The molecule has 1 aliphatic heterocycles. The van der Waals surface area contributed by atoms with E-state index in [1.54, 1.807) is 0 Å². The van der Waals surface area contributed by atoms with Gasteiger partial charge in [-0.25, -0.2) is 13.6 Å². The van der Waals surface area contributed by atoms with Crippen LogP contribution in [0.5, 0.6) is 0 Å². The summed E-state index contributed by atoms with van der Waals surface area (Å²) in [5, 5.41) is 0. The molecule has 0 bridgehead atoms. The highest BCUT2D eigenvalue weighted by atomic mass is 19.1. The van der Waals surface area contributed by atoms with Gasteiger partial charge in [0, 0.05) is 19.2 Å². The molecule has 114 valence electrons. The summed E-state index contributed by atoms with van der Waals surface area (Å²) in [7, 11) is 0. The highest BCUT2D eigenvalue weighted by Gasteiger charge is 2.21. The van der Waals surface area contributed by atoms with Crippen LogP contribution in [0.15, 0.2) is 12.1 Å². The van der Waals surface area contributed by atoms with Gasteiger partial charge in [-0.2, -0.15) is 0 Å². The second kappa shape index (κ2) is 6.49. The Morgan fingerprint density at radius 2 is 1.90 bits per heavy atom. The molecule has 1 fully saturated rings. The number of anilines is 1. The van der Waals surface area contributed by atoms with Crippen molar-refractivity contribution in [2.24, 2.45) is 0 Å². The number of esters is 1. The van der Waals surface area contributed by atoms with E-state index in [4.69, 9.17) is 15.2 Å². The molecule has 1 amide bonds. The predicted octanol–water partition coefficient (Wildman–Crippen LogP) is 0.563. The normalized spacial score (nSPS) is 14.9. The second-order valence-corrected chi connectivity index (χ2v) is 4.42. The van der Waals surface area contributed by atoms with Crippen molar-refractivity contribution >= 4 is 17.6 Å². The smallest absolute Gasteiger partial charge is 0.341 e. The Balaban J connectivity index is 1.95.